The van der Waals surface area contributed by atoms with Crippen molar-refractivity contribution >= 4 is 0 Å². The molecular formula is C18H29NO. The van der Waals surface area contributed by atoms with Crippen LogP contribution in [-0.4, -0.2) is 23.3 Å². The number of rotatable bonds is 6. The summed E-state index contributed by atoms with van der Waals surface area (Å²) < 4.78 is 0. The van der Waals surface area contributed by atoms with Crippen molar-refractivity contribution in [3.8, 4) is 0 Å². The van der Waals surface area contributed by atoms with E-state index in [0.717, 1.165) is 25.3 Å². The molecule has 1 saturated carbocycles. The molecular weight excluding hydrogens is 246 g/mol. The highest BCUT2D eigenvalue weighted by atomic mass is 16.3. The molecule has 0 unspecified atom stereocenters. The molecule has 2 N–H and O–H groups in total. The minimum Gasteiger partial charge on any atom is -0.389 e. The number of benzene rings is 1. The second-order valence-electron chi connectivity index (χ2n) is 6.27. The van der Waals surface area contributed by atoms with Crippen LogP contribution in [0.1, 0.15) is 63.9 Å². The summed E-state index contributed by atoms with van der Waals surface area (Å²) in [7, 11) is 0. The third-order valence-electron chi connectivity index (χ3n) is 5.03. The highest BCUT2D eigenvalue weighted by Gasteiger charge is 2.26. The molecule has 0 amide bonds. The Hall–Kier alpha value is -0.860. The molecule has 0 atom stereocenters. The third kappa shape index (κ3) is 4.07. The maximum absolute atomic E-state index is 10.3. The van der Waals surface area contributed by atoms with E-state index in [4.69, 9.17) is 0 Å². The Morgan fingerprint density at radius 2 is 1.65 bits per heavy atom. The van der Waals surface area contributed by atoms with Gasteiger partial charge in [-0.3, -0.25) is 0 Å². The minimum absolute atomic E-state index is 0.518. The van der Waals surface area contributed by atoms with E-state index in [9.17, 15) is 5.11 Å². The van der Waals surface area contributed by atoms with Gasteiger partial charge in [-0.05, 0) is 50.0 Å². The molecule has 1 aromatic rings. The zero-order valence-corrected chi connectivity index (χ0v) is 12.9. The van der Waals surface area contributed by atoms with Crippen molar-refractivity contribution in [2.75, 3.05) is 6.54 Å². The standard InChI is InChI=1S/C18H29NO/c1-3-18(20,4-2)14-19-17-12-10-16(11-13-17)15-8-6-5-7-9-15/h5-9,16-17,19-20H,3-4,10-14H2,1-2H3. The fourth-order valence-corrected chi connectivity index (χ4v) is 3.19. The molecule has 0 radical (unpaired) electrons. The first-order valence-electron chi connectivity index (χ1n) is 8.17. The summed E-state index contributed by atoms with van der Waals surface area (Å²) in [5.74, 6) is 0.727. The maximum Gasteiger partial charge on any atom is 0.0766 e. The third-order valence-corrected chi connectivity index (χ3v) is 5.03. The topological polar surface area (TPSA) is 32.3 Å². The quantitative estimate of drug-likeness (QED) is 0.826. The molecule has 0 heterocycles. The van der Waals surface area contributed by atoms with Crippen molar-refractivity contribution in [1.29, 1.82) is 0 Å². The number of hydrogen-bond acceptors (Lipinski definition) is 2. The summed E-state index contributed by atoms with van der Waals surface area (Å²) in [6.45, 7) is 4.87. The van der Waals surface area contributed by atoms with Gasteiger partial charge in [-0.25, -0.2) is 0 Å². The SMILES string of the molecule is CCC(O)(CC)CNC1CCC(c2ccccc2)CC1. The molecule has 0 saturated heterocycles. The number of hydrogen-bond donors (Lipinski definition) is 2. The lowest BCUT2D eigenvalue weighted by atomic mass is 9.81. The van der Waals surface area contributed by atoms with E-state index in [1.54, 1.807) is 0 Å². The van der Waals surface area contributed by atoms with Crippen LogP contribution in [0.25, 0.3) is 0 Å². The summed E-state index contributed by atoms with van der Waals surface area (Å²) >= 11 is 0. The van der Waals surface area contributed by atoms with Crippen LogP contribution >= 0.6 is 0 Å². The Bertz CT molecular complexity index is 378. The van der Waals surface area contributed by atoms with Gasteiger partial charge >= 0.3 is 0 Å². The molecule has 1 fully saturated rings. The van der Waals surface area contributed by atoms with Crippen LogP contribution in [0.15, 0.2) is 30.3 Å². The van der Waals surface area contributed by atoms with Gasteiger partial charge in [0, 0.05) is 12.6 Å². The number of nitrogens with one attached hydrogen (secondary N) is 1. The Balaban J connectivity index is 1.77. The van der Waals surface area contributed by atoms with Crippen LogP contribution in [0.5, 0.6) is 0 Å². The van der Waals surface area contributed by atoms with Crippen LogP contribution in [0.3, 0.4) is 0 Å². The van der Waals surface area contributed by atoms with E-state index in [2.05, 4.69) is 49.5 Å². The van der Waals surface area contributed by atoms with E-state index in [0.29, 0.717) is 6.04 Å². The zero-order valence-electron chi connectivity index (χ0n) is 12.9. The van der Waals surface area contributed by atoms with Crippen molar-refractivity contribution in [2.24, 2.45) is 0 Å². The smallest absolute Gasteiger partial charge is 0.0766 e. The van der Waals surface area contributed by atoms with Gasteiger partial charge in [0.25, 0.3) is 0 Å². The van der Waals surface area contributed by atoms with E-state index in [1.165, 1.54) is 31.2 Å². The molecule has 0 bridgehead atoms. The van der Waals surface area contributed by atoms with E-state index < -0.39 is 5.60 Å². The highest BCUT2D eigenvalue weighted by Crippen LogP contribution is 2.32. The Morgan fingerprint density at radius 3 is 2.20 bits per heavy atom. The van der Waals surface area contributed by atoms with Crippen molar-refractivity contribution in [3.63, 3.8) is 0 Å². The molecule has 1 aliphatic carbocycles. The van der Waals surface area contributed by atoms with Crippen LogP contribution < -0.4 is 5.32 Å². The molecule has 2 rings (SSSR count). The molecule has 20 heavy (non-hydrogen) atoms. The highest BCUT2D eigenvalue weighted by molar-refractivity contribution is 5.20. The minimum atomic E-state index is -0.518. The fourth-order valence-electron chi connectivity index (χ4n) is 3.19. The van der Waals surface area contributed by atoms with E-state index in [1.807, 2.05) is 0 Å². The van der Waals surface area contributed by atoms with Gasteiger partial charge in [-0.2, -0.15) is 0 Å². The van der Waals surface area contributed by atoms with Crippen molar-refractivity contribution < 1.29 is 5.11 Å². The zero-order chi connectivity index (χ0) is 14.4. The monoisotopic (exact) mass is 275 g/mol. The lowest BCUT2D eigenvalue weighted by molar-refractivity contribution is 0.0284. The molecule has 0 aromatic heterocycles. The van der Waals surface area contributed by atoms with Gasteiger partial charge in [0.15, 0.2) is 0 Å². The van der Waals surface area contributed by atoms with Crippen molar-refractivity contribution in [1.82, 2.24) is 5.32 Å². The average Bonchev–Trinajstić information content (AvgIpc) is 2.54. The second kappa shape index (κ2) is 7.24. The molecule has 112 valence electrons. The van der Waals surface area contributed by atoms with E-state index in [-0.39, 0.29) is 0 Å². The maximum atomic E-state index is 10.3. The van der Waals surface area contributed by atoms with Crippen molar-refractivity contribution in [2.45, 2.75) is 69.9 Å². The predicted molar refractivity (Wildman–Crippen MR) is 85.0 cm³/mol. The van der Waals surface area contributed by atoms with Gasteiger partial charge in [0.2, 0.25) is 0 Å². The summed E-state index contributed by atoms with van der Waals surface area (Å²) in [4.78, 5) is 0. The predicted octanol–water partition coefficient (Wildman–Crippen LogP) is 3.85. The largest absolute Gasteiger partial charge is 0.389 e. The Kier molecular flexibility index (Phi) is 5.62. The van der Waals surface area contributed by atoms with Gasteiger partial charge in [-0.1, -0.05) is 44.2 Å². The van der Waals surface area contributed by atoms with Gasteiger partial charge in [-0.15, -0.1) is 0 Å². The molecule has 1 aliphatic rings. The molecule has 0 aliphatic heterocycles. The lowest BCUT2D eigenvalue weighted by Crippen LogP contribution is -2.44. The first-order chi connectivity index (χ1) is 9.67. The summed E-state index contributed by atoms with van der Waals surface area (Å²) in [5.41, 5.74) is 0.973. The van der Waals surface area contributed by atoms with Crippen LogP contribution in [-0.2, 0) is 0 Å². The summed E-state index contributed by atoms with van der Waals surface area (Å²) in [6.07, 6.45) is 6.63. The first-order valence-corrected chi connectivity index (χ1v) is 8.17. The first kappa shape index (κ1) is 15.5. The van der Waals surface area contributed by atoms with Gasteiger partial charge in [0.05, 0.1) is 5.60 Å². The average molecular weight is 275 g/mol. The lowest BCUT2D eigenvalue weighted by Gasteiger charge is -2.33. The Morgan fingerprint density at radius 1 is 1.05 bits per heavy atom. The van der Waals surface area contributed by atoms with Crippen LogP contribution in [0.4, 0.5) is 0 Å². The van der Waals surface area contributed by atoms with Crippen LogP contribution in [0.2, 0.25) is 0 Å². The molecule has 2 nitrogen and oxygen atoms in total. The van der Waals surface area contributed by atoms with Gasteiger partial charge in [0.1, 0.15) is 0 Å². The summed E-state index contributed by atoms with van der Waals surface area (Å²) in [6, 6.07) is 11.5. The Labute approximate surface area is 123 Å². The molecule has 0 spiro atoms. The second-order valence-corrected chi connectivity index (χ2v) is 6.27. The van der Waals surface area contributed by atoms with E-state index >= 15 is 0 Å². The summed E-state index contributed by atoms with van der Waals surface area (Å²) in [5, 5.41) is 13.9. The van der Waals surface area contributed by atoms with Crippen molar-refractivity contribution in [3.05, 3.63) is 35.9 Å². The molecule has 1 aromatic carbocycles. The normalized spacial score (nSPS) is 23.8. The molecule has 2 heteroatoms. The fraction of sp³-hybridized carbons (Fsp3) is 0.667. The van der Waals surface area contributed by atoms with Crippen LogP contribution in [0, 0.1) is 0 Å². The number of aliphatic hydroxyl groups is 1. The van der Waals surface area contributed by atoms with Gasteiger partial charge < -0.3 is 10.4 Å².